The number of ether oxygens (including phenoxy) is 1. The fourth-order valence-corrected chi connectivity index (χ4v) is 2.66. The molecule has 0 saturated carbocycles. The lowest BCUT2D eigenvalue weighted by Crippen LogP contribution is -2.39. The Balaban J connectivity index is 2.09. The monoisotopic (exact) mass is 309 g/mol. The first-order chi connectivity index (χ1) is 10.5. The van der Waals surface area contributed by atoms with Crippen molar-refractivity contribution < 1.29 is 24.9 Å². The normalized spacial score (nSPS) is 20.2. The van der Waals surface area contributed by atoms with Crippen LogP contribution in [-0.4, -0.2) is 47.1 Å². The van der Waals surface area contributed by atoms with Crippen LogP contribution >= 0.6 is 0 Å². The van der Waals surface area contributed by atoms with E-state index in [-0.39, 0.29) is 6.61 Å². The smallest absolute Gasteiger partial charge is 0.338 e. The highest BCUT2D eigenvalue weighted by molar-refractivity contribution is 5.75. The Morgan fingerprint density at radius 1 is 1.27 bits per heavy atom. The number of esters is 1. The van der Waals surface area contributed by atoms with Crippen LogP contribution in [0.2, 0.25) is 0 Å². The minimum absolute atomic E-state index is 0.141. The summed E-state index contributed by atoms with van der Waals surface area (Å²) in [5.41, 5.74) is 0.312. The molecule has 1 saturated heterocycles. The van der Waals surface area contributed by atoms with Crippen LogP contribution in [0, 0.1) is 0 Å². The molecule has 6 heteroatoms. The van der Waals surface area contributed by atoms with Crippen LogP contribution in [0.1, 0.15) is 37.0 Å². The maximum absolute atomic E-state index is 11.4. The highest BCUT2D eigenvalue weighted by atomic mass is 16.5. The van der Waals surface area contributed by atoms with E-state index in [2.05, 4.69) is 10.1 Å². The lowest BCUT2D eigenvalue weighted by molar-refractivity contribution is -0.159. The van der Waals surface area contributed by atoms with Crippen LogP contribution < -0.4 is 5.32 Å². The van der Waals surface area contributed by atoms with Crippen molar-refractivity contribution in [3.63, 3.8) is 0 Å². The fraction of sp³-hybridized carbons (Fsp3) is 0.562. The predicted molar refractivity (Wildman–Crippen MR) is 80.0 cm³/mol. The number of carbonyl (C=O) groups is 1. The molecule has 1 aliphatic rings. The summed E-state index contributed by atoms with van der Waals surface area (Å²) < 4.78 is 4.69. The molecule has 0 spiro atoms. The summed E-state index contributed by atoms with van der Waals surface area (Å²) in [6.07, 6.45) is -1.72. The SMILES string of the molecule is CCOC(=O)C(O)C(O)c1ccc(C2(O)CCNCC2)cc1. The molecular formula is C16H23NO5. The summed E-state index contributed by atoms with van der Waals surface area (Å²) in [6.45, 7) is 3.28. The highest BCUT2D eigenvalue weighted by Crippen LogP contribution is 2.31. The zero-order valence-electron chi connectivity index (χ0n) is 12.7. The lowest BCUT2D eigenvalue weighted by Gasteiger charge is -2.33. The molecule has 0 aliphatic carbocycles. The van der Waals surface area contributed by atoms with Gasteiger partial charge in [0, 0.05) is 0 Å². The number of aliphatic hydroxyl groups is 3. The fourth-order valence-electron chi connectivity index (χ4n) is 2.66. The molecule has 4 N–H and O–H groups in total. The van der Waals surface area contributed by atoms with Crippen LogP contribution in [-0.2, 0) is 15.1 Å². The number of hydrogen-bond donors (Lipinski definition) is 4. The number of benzene rings is 1. The molecule has 0 amide bonds. The maximum Gasteiger partial charge on any atom is 0.338 e. The average molecular weight is 309 g/mol. The minimum Gasteiger partial charge on any atom is -0.464 e. The predicted octanol–water partition coefficient (Wildman–Crippen LogP) is 0.215. The first-order valence-electron chi connectivity index (χ1n) is 7.54. The Morgan fingerprint density at radius 3 is 2.41 bits per heavy atom. The van der Waals surface area contributed by atoms with Gasteiger partial charge in [0.25, 0.3) is 0 Å². The molecule has 2 atom stereocenters. The zero-order chi connectivity index (χ0) is 16.2. The van der Waals surface area contributed by atoms with Crippen LogP contribution in [0.4, 0.5) is 0 Å². The van der Waals surface area contributed by atoms with E-state index >= 15 is 0 Å². The van der Waals surface area contributed by atoms with E-state index < -0.39 is 23.8 Å². The van der Waals surface area contributed by atoms with Gasteiger partial charge in [-0.3, -0.25) is 0 Å². The highest BCUT2D eigenvalue weighted by Gasteiger charge is 2.32. The molecule has 6 nitrogen and oxygen atoms in total. The Kier molecular flexibility index (Phi) is 5.52. The molecule has 0 bridgehead atoms. The molecule has 1 aromatic carbocycles. The van der Waals surface area contributed by atoms with Crippen LogP contribution in [0.25, 0.3) is 0 Å². The second-order valence-corrected chi connectivity index (χ2v) is 5.55. The second-order valence-electron chi connectivity index (χ2n) is 5.55. The summed E-state index contributed by atoms with van der Waals surface area (Å²) in [5.74, 6) is -0.851. The van der Waals surface area contributed by atoms with Gasteiger partial charge in [0.2, 0.25) is 0 Å². The third-order valence-electron chi connectivity index (χ3n) is 4.05. The van der Waals surface area contributed by atoms with Gasteiger partial charge in [-0.25, -0.2) is 4.79 Å². The van der Waals surface area contributed by atoms with E-state index in [1.165, 1.54) is 0 Å². The van der Waals surface area contributed by atoms with Gasteiger partial charge in [-0.1, -0.05) is 24.3 Å². The van der Waals surface area contributed by atoms with E-state index in [0.717, 1.165) is 18.7 Å². The molecule has 122 valence electrons. The van der Waals surface area contributed by atoms with Gasteiger partial charge in [-0.2, -0.15) is 0 Å². The molecule has 1 fully saturated rings. The van der Waals surface area contributed by atoms with E-state index in [9.17, 15) is 20.1 Å². The Bertz CT molecular complexity index is 496. The molecule has 2 unspecified atom stereocenters. The number of aliphatic hydroxyl groups excluding tert-OH is 2. The van der Waals surface area contributed by atoms with E-state index in [0.29, 0.717) is 18.4 Å². The summed E-state index contributed by atoms with van der Waals surface area (Å²) >= 11 is 0. The van der Waals surface area contributed by atoms with Gasteiger partial charge in [0.15, 0.2) is 6.10 Å². The summed E-state index contributed by atoms with van der Waals surface area (Å²) in [6, 6.07) is 6.67. The van der Waals surface area contributed by atoms with Gasteiger partial charge in [-0.05, 0) is 44.0 Å². The molecule has 22 heavy (non-hydrogen) atoms. The maximum atomic E-state index is 11.4. The molecule has 1 aliphatic heterocycles. The molecular weight excluding hydrogens is 286 g/mol. The number of rotatable bonds is 5. The Morgan fingerprint density at radius 2 is 1.86 bits per heavy atom. The standard InChI is InChI=1S/C16H23NO5/c1-2-22-15(20)14(19)13(18)11-3-5-12(6-4-11)16(21)7-9-17-10-8-16/h3-6,13-14,17-19,21H,2,7-10H2,1H3. The Labute approximate surface area is 129 Å². The van der Waals surface area contributed by atoms with Gasteiger partial charge in [0.1, 0.15) is 6.10 Å². The van der Waals surface area contributed by atoms with Crippen molar-refractivity contribution in [2.75, 3.05) is 19.7 Å². The number of hydrogen-bond acceptors (Lipinski definition) is 6. The van der Waals surface area contributed by atoms with E-state index in [1.54, 1.807) is 31.2 Å². The molecule has 1 heterocycles. The summed E-state index contributed by atoms with van der Waals surface area (Å²) in [7, 11) is 0. The van der Waals surface area contributed by atoms with Crippen LogP contribution in [0.5, 0.6) is 0 Å². The van der Waals surface area contributed by atoms with Crippen LogP contribution in [0.15, 0.2) is 24.3 Å². The third kappa shape index (κ3) is 3.64. The average Bonchev–Trinajstić information content (AvgIpc) is 2.54. The van der Waals surface area contributed by atoms with Gasteiger partial charge >= 0.3 is 5.97 Å². The summed E-state index contributed by atoms with van der Waals surface area (Å²) in [5, 5.41) is 33.6. The van der Waals surface area contributed by atoms with Crippen molar-refractivity contribution in [2.45, 2.75) is 37.6 Å². The van der Waals surface area contributed by atoms with Crippen molar-refractivity contribution in [3.8, 4) is 0 Å². The first-order valence-corrected chi connectivity index (χ1v) is 7.54. The molecule has 2 rings (SSSR count). The van der Waals surface area contributed by atoms with E-state index in [1.807, 2.05) is 0 Å². The summed E-state index contributed by atoms with van der Waals surface area (Å²) in [4.78, 5) is 11.4. The van der Waals surface area contributed by atoms with Crippen molar-refractivity contribution >= 4 is 5.97 Å². The van der Waals surface area contributed by atoms with Crippen LogP contribution in [0.3, 0.4) is 0 Å². The minimum atomic E-state index is -1.62. The van der Waals surface area contributed by atoms with Crippen molar-refractivity contribution in [2.24, 2.45) is 0 Å². The van der Waals surface area contributed by atoms with Crippen molar-refractivity contribution in [1.29, 1.82) is 0 Å². The molecule has 1 aromatic rings. The van der Waals surface area contributed by atoms with Gasteiger partial charge in [0.05, 0.1) is 12.2 Å². The van der Waals surface area contributed by atoms with Gasteiger partial charge < -0.3 is 25.4 Å². The van der Waals surface area contributed by atoms with E-state index in [4.69, 9.17) is 0 Å². The topological polar surface area (TPSA) is 99.0 Å². The lowest BCUT2D eigenvalue weighted by atomic mass is 9.84. The molecule has 0 radical (unpaired) electrons. The molecule has 0 aromatic heterocycles. The number of nitrogens with one attached hydrogen (secondary N) is 1. The number of carbonyl (C=O) groups excluding carboxylic acids is 1. The van der Waals surface area contributed by atoms with Gasteiger partial charge in [-0.15, -0.1) is 0 Å². The van der Waals surface area contributed by atoms with Crippen molar-refractivity contribution in [1.82, 2.24) is 5.32 Å². The van der Waals surface area contributed by atoms with Crippen molar-refractivity contribution in [3.05, 3.63) is 35.4 Å². The largest absolute Gasteiger partial charge is 0.464 e. The number of piperidine rings is 1. The second kappa shape index (κ2) is 7.19. The Hall–Kier alpha value is -1.47. The first kappa shape index (κ1) is 16.9. The zero-order valence-corrected chi connectivity index (χ0v) is 12.7. The quantitative estimate of drug-likeness (QED) is 0.581. The third-order valence-corrected chi connectivity index (χ3v) is 4.05.